The molecule has 0 radical (unpaired) electrons. The van der Waals surface area contributed by atoms with Gasteiger partial charge in [0.15, 0.2) is 0 Å². The lowest BCUT2D eigenvalue weighted by molar-refractivity contribution is -0.396. The molecule has 1 rings (SSSR count). The number of hydrogen-bond donors (Lipinski definition) is 0. The van der Waals surface area contributed by atoms with Crippen LogP contribution < -0.4 is 4.74 Å². The molecule has 0 saturated carbocycles. The molecule has 1 aromatic rings. The summed E-state index contributed by atoms with van der Waals surface area (Å²) in [6, 6.07) is 1.03. The molecular weight excluding hydrogens is 240 g/mol. The van der Waals surface area contributed by atoms with E-state index in [0.717, 1.165) is 13.2 Å². The van der Waals surface area contributed by atoms with Gasteiger partial charge < -0.3 is 4.74 Å². The molecule has 0 aliphatic rings. The maximum absolute atomic E-state index is 10.8. The summed E-state index contributed by atoms with van der Waals surface area (Å²) < 4.78 is 4.69. The van der Waals surface area contributed by atoms with Crippen LogP contribution in [0.25, 0.3) is 0 Å². The first-order valence-corrected chi connectivity index (χ1v) is 4.43. The van der Waals surface area contributed by atoms with E-state index in [-0.39, 0.29) is 10.6 Å². The van der Waals surface area contributed by atoms with Gasteiger partial charge in [0.25, 0.3) is 5.75 Å². The molecule has 0 saturated heterocycles. The van der Waals surface area contributed by atoms with Crippen LogP contribution in [0.1, 0.15) is 5.56 Å². The molecule has 0 atom stereocenters. The van der Waals surface area contributed by atoms with Gasteiger partial charge >= 0.3 is 11.4 Å². The molecular formula is C8H7ClN2O5. The number of nitrogens with zero attached hydrogens (tertiary/aromatic N) is 2. The highest BCUT2D eigenvalue weighted by molar-refractivity contribution is 6.32. The van der Waals surface area contributed by atoms with E-state index in [1.54, 1.807) is 0 Å². The Bertz CT molecular complexity index is 474. The van der Waals surface area contributed by atoms with Gasteiger partial charge in [-0.05, 0) is 6.92 Å². The Balaban J connectivity index is 3.68. The molecule has 8 heteroatoms. The first kappa shape index (κ1) is 12.2. The van der Waals surface area contributed by atoms with Gasteiger partial charge in [-0.3, -0.25) is 20.2 Å². The Kier molecular flexibility index (Phi) is 3.28. The monoisotopic (exact) mass is 246 g/mol. The van der Waals surface area contributed by atoms with Crippen LogP contribution >= 0.6 is 11.6 Å². The van der Waals surface area contributed by atoms with Crippen LogP contribution in [-0.2, 0) is 0 Å². The maximum Gasteiger partial charge on any atom is 0.322 e. The zero-order valence-electron chi connectivity index (χ0n) is 8.39. The van der Waals surface area contributed by atoms with E-state index in [4.69, 9.17) is 16.3 Å². The third kappa shape index (κ3) is 1.89. The third-order valence-corrected chi connectivity index (χ3v) is 2.40. The van der Waals surface area contributed by atoms with Crippen molar-refractivity contribution >= 4 is 23.0 Å². The van der Waals surface area contributed by atoms with Crippen LogP contribution in [-0.4, -0.2) is 17.0 Å². The minimum atomic E-state index is -0.781. The normalized spacial score (nSPS) is 9.94. The van der Waals surface area contributed by atoms with Crippen LogP contribution in [0.2, 0.25) is 5.02 Å². The number of rotatable bonds is 3. The summed E-state index contributed by atoms with van der Waals surface area (Å²) >= 11 is 5.67. The zero-order chi connectivity index (χ0) is 12.5. The zero-order valence-corrected chi connectivity index (χ0v) is 9.15. The van der Waals surface area contributed by atoms with Gasteiger partial charge in [0, 0.05) is 11.6 Å². The Hall–Kier alpha value is -1.89. The van der Waals surface area contributed by atoms with Crippen LogP contribution in [0, 0.1) is 27.2 Å². The van der Waals surface area contributed by atoms with Crippen molar-refractivity contribution in [2.45, 2.75) is 6.92 Å². The van der Waals surface area contributed by atoms with Gasteiger partial charge in [0.2, 0.25) is 0 Å². The van der Waals surface area contributed by atoms with Gasteiger partial charge in [-0.15, -0.1) is 0 Å². The van der Waals surface area contributed by atoms with E-state index < -0.39 is 27.0 Å². The summed E-state index contributed by atoms with van der Waals surface area (Å²) in [4.78, 5) is 19.9. The van der Waals surface area contributed by atoms with Crippen molar-refractivity contribution in [2.75, 3.05) is 7.11 Å². The highest BCUT2D eigenvalue weighted by Crippen LogP contribution is 2.42. The second kappa shape index (κ2) is 4.31. The van der Waals surface area contributed by atoms with E-state index in [1.807, 2.05) is 0 Å². The summed E-state index contributed by atoms with van der Waals surface area (Å²) in [5.41, 5.74) is -0.874. The highest BCUT2D eigenvalue weighted by atomic mass is 35.5. The molecule has 0 N–H and O–H groups in total. The average molecular weight is 247 g/mol. The van der Waals surface area contributed by atoms with Crippen LogP contribution in [0.3, 0.4) is 0 Å². The number of hydrogen-bond acceptors (Lipinski definition) is 5. The van der Waals surface area contributed by atoms with E-state index in [1.165, 1.54) is 6.92 Å². The fraction of sp³-hybridized carbons (Fsp3) is 0.250. The topological polar surface area (TPSA) is 95.5 Å². The molecule has 7 nitrogen and oxygen atoms in total. The van der Waals surface area contributed by atoms with Crippen LogP contribution in [0.15, 0.2) is 6.07 Å². The second-order valence-corrected chi connectivity index (χ2v) is 3.31. The number of ether oxygens (including phenoxy) is 1. The van der Waals surface area contributed by atoms with Crippen LogP contribution in [0.5, 0.6) is 5.75 Å². The van der Waals surface area contributed by atoms with E-state index in [0.29, 0.717) is 0 Å². The lowest BCUT2D eigenvalue weighted by Crippen LogP contribution is -2.01. The molecule has 0 spiro atoms. The molecule has 86 valence electrons. The number of methoxy groups -OCH3 is 1. The predicted molar refractivity (Wildman–Crippen MR) is 56.0 cm³/mol. The molecule has 0 bridgehead atoms. The second-order valence-electron chi connectivity index (χ2n) is 2.90. The summed E-state index contributed by atoms with van der Waals surface area (Å²) in [7, 11) is 1.13. The molecule has 0 heterocycles. The molecule has 0 amide bonds. The van der Waals surface area contributed by atoms with Gasteiger partial charge in [-0.1, -0.05) is 11.6 Å². The highest BCUT2D eigenvalue weighted by Gasteiger charge is 2.30. The SMILES string of the molecule is COc1c([N+](=O)[O-])cc(Cl)c(C)c1[N+](=O)[O-]. The minimum Gasteiger partial charge on any atom is -0.485 e. The number of benzene rings is 1. The predicted octanol–water partition coefficient (Wildman–Crippen LogP) is 2.47. The fourth-order valence-electron chi connectivity index (χ4n) is 1.26. The smallest absolute Gasteiger partial charge is 0.322 e. The number of nitro benzene ring substituents is 2. The summed E-state index contributed by atoms with van der Waals surface area (Å²) in [5.74, 6) is -0.392. The van der Waals surface area contributed by atoms with Crippen molar-refractivity contribution in [1.29, 1.82) is 0 Å². The van der Waals surface area contributed by atoms with E-state index in [9.17, 15) is 20.2 Å². The van der Waals surface area contributed by atoms with Crippen molar-refractivity contribution in [3.05, 3.63) is 36.9 Å². The quantitative estimate of drug-likeness (QED) is 0.603. The third-order valence-electron chi connectivity index (χ3n) is 2.01. The first-order valence-electron chi connectivity index (χ1n) is 4.06. The summed E-state index contributed by atoms with van der Waals surface area (Å²) in [5, 5.41) is 21.4. The van der Waals surface area contributed by atoms with E-state index in [2.05, 4.69) is 0 Å². The van der Waals surface area contributed by atoms with Crippen molar-refractivity contribution in [3.8, 4) is 5.75 Å². The van der Waals surface area contributed by atoms with Crippen LogP contribution in [0.4, 0.5) is 11.4 Å². The van der Waals surface area contributed by atoms with E-state index >= 15 is 0 Å². The van der Waals surface area contributed by atoms with Gasteiger partial charge in [0.05, 0.1) is 22.0 Å². The van der Waals surface area contributed by atoms with Crippen molar-refractivity contribution in [1.82, 2.24) is 0 Å². The van der Waals surface area contributed by atoms with Gasteiger partial charge in [-0.25, -0.2) is 0 Å². The largest absolute Gasteiger partial charge is 0.485 e. The number of halogens is 1. The minimum absolute atomic E-state index is 0.0424. The van der Waals surface area contributed by atoms with Gasteiger partial charge in [-0.2, -0.15) is 0 Å². The molecule has 0 aliphatic heterocycles. The lowest BCUT2D eigenvalue weighted by atomic mass is 10.1. The van der Waals surface area contributed by atoms with Crippen molar-refractivity contribution in [2.24, 2.45) is 0 Å². The van der Waals surface area contributed by atoms with Crippen molar-refractivity contribution in [3.63, 3.8) is 0 Å². The van der Waals surface area contributed by atoms with Gasteiger partial charge in [0.1, 0.15) is 0 Å². The molecule has 0 aliphatic carbocycles. The van der Waals surface area contributed by atoms with Crippen molar-refractivity contribution < 1.29 is 14.6 Å². The molecule has 0 unspecified atom stereocenters. The Morgan fingerprint density at radius 3 is 2.25 bits per heavy atom. The Morgan fingerprint density at radius 2 is 1.88 bits per heavy atom. The Labute approximate surface area is 94.9 Å². The number of nitro groups is 2. The lowest BCUT2D eigenvalue weighted by Gasteiger charge is -2.06. The molecule has 0 aromatic heterocycles. The molecule has 1 aromatic carbocycles. The standard InChI is InChI=1S/C8H7ClN2O5/c1-4-5(9)3-6(10(12)13)8(16-2)7(4)11(14)15/h3H,1-2H3. The molecule has 0 fully saturated rings. The summed E-state index contributed by atoms with van der Waals surface area (Å²) in [6.45, 7) is 1.40. The fourth-order valence-corrected chi connectivity index (χ4v) is 1.45. The first-order chi connectivity index (χ1) is 7.40. The summed E-state index contributed by atoms with van der Waals surface area (Å²) in [6.07, 6.45) is 0. The molecule has 16 heavy (non-hydrogen) atoms. The average Bonchev–Trinajstić information content (AvgIpc) is 2.20. The Morgan fingerprint density at radius 1 is 1.31 bits per heavy atom. The maximum atomic E-state index is 10.8.